The smallest absolute Gasteiger partial charge is 0.267 e. The fourth-order valence-electron chi connectivity index (χ4n) is 2.08. The van der Waals surface area contributed by atoms with E-state index in [9.17, 15) is 4.79 Å². The van der Waals surface area contributed by atoms with Gasteiger partial charge in [-0.2, -0.15) is 5.26 Å². The van der Waals surface area contributed by atoms with E-state index in [4.69, 9.17) is 14.7 Å². The molecule has 0 N–H and O–H groups in total. The summed E-state index contributed by atoms with van der Waals surface area (Å²) in [5.41, 5.74) is 1.21. The Bertz CT molecular complexity index is 721. The Labute approximate surface area is 135 Å². The van der Waals surface area contributed by atoms with Gasteiger partial charge < -0.3 is 14.4 Å². The van der Waals surface area contributed by atoms with E-state index in [0.717, 1.165) is 5.56 Å². The van der Waals surface area contributed by atoms with E-state index in [2.05, 4.69) is 0 Å². The van der Waals surface area contributed by atoms with Gasteiger partial charge in [0, 0.05) is 25.7 Å². The minimum Gasteiger partial charge on any atom is -0.493 e. The van der Waals surface area contributed by atoms with Crippen LogP contribution in [0.5, 0.6) is 11.5 Å². The van der Waals surface area contributed by atoms with Crippen LogP contribution in [0.3, 0.4) is 0 Å². The van der Waals surface area contributed by atoms with Crippen LogP contribution in [0.25, 0.3) is 0 Å². The van der Waals surface area contributed by atoms with Gasteiger partial charge in [0.25, 0.3) is 5.91 Å². The largest absolute Gasteiger partial charge is 0.493 e. The molecule has 118 valence electrons. The van der Waals surface area contributed by atoms with Crippen LogP contribution in [0.1, 0.15) is 17.2 Å². The van der Waals surface area contributed by atoms with Crippen molar-refractivity contribution >= 4 is 5.91 Å². The third-order valence-corrected chi connectivity index (χ3v) is 3.30. The van der Waals surface area contributed by atoms with Gasteiger partial charge in [-0.15, -0.1) is 0 Å². The van der Waals surface area contributed by atoms with Gasteiger partial charge in [0.05, 0.1) is 18.7 Å². The molecule has 1 atom stereocenters. The third-order valence-electron chi connectivity index (χ3n) is 3.30. The van der Waals surface area contributed by atoms with Crippen molar-refractivity contribution in [3.05, 3.63) is 59.7 Å². The van der Waals surface area contributed by atoms with Crippen molar-refractivity contribution in [2.45, 2.75) is 6.10 Å². The quantitative estimate of drug-likeness (QED) is 0.852. The minimum absolute atomic E-state index is 0.178. The normalized spacial score (nSPS) is 11.2. The van der Waals surface area contributed by atoms with Gasteiger partial charge >= 0.3 is 0 Å². The molecule has 5 nitrogen and oxygen atoms in total. The summed E-state index contributed by atoms with van der Waals surface area (Å²) in [4.78, 5) is 14.0. The van der Waals surface area contributed by atoms with Crippen molar-refractivity contribution in [1.29, 1.82) is 5.26 Å². The summed E-state index contributed by atoms with van der Waals surface area (Å²) in [5, 5.41) is 8.96. The highest BCUT2D eigenvalue weighted by Crippen LogP contribution is 2.32. The van der Waals surface area contributed by atoms with E-state index in [0.29, 0.717) is 17.1 Å². The van der Waals surface area contributed by atoms with Crippen LogP contribution in [0.4, 0.5) is 0 Å². The molecule has 2 aromatic carbocycles. The van der Waals surface area contributed by atoms with Gasteiger partial charge in [0.1, 0.15) is 0 Å². The predicted molar refractivity (Wildman–Crippen MR) is 86.2 cm³/mol. The zero-order valence-corrected chi connectivity index (χ0v) is 13.3. The lowest BCUT2D eigenvalue weighted by atomic mass is 10.1. The van der Waals surface area contributed by atoms with Crippen LogP contribution < -0.4 is 9.47 Å². The summed E-state index contributed by atoms with van der Waals surface area (Å²) in [6, 6.07) is 16.1. The van der Waals surface area contributed by atoms with E-state index < -0.39 is 6.10 Å². The van der Waals surface area contributed by atoms with Crippen molar-refractivity contribution in [3.63, 3.8) is 0 Å². The highest BCUT2D eigenvalue weighted by Gasteiger charge is 2.25. The van der Waals surface area contributed by atoms with Crippen LogP contribution in [0.2, 0.25) is 0 Å². The van der Waals surface area contributed by atoms with Gasteiger partial charge in [0.15, 0.2) is 11.5 Å². The Hall–Kier alpha value is -3.00. The molecule has 0 bridgehead atoms. The standard InChI is InChI=1S/C18H18N2O3/c1-20(2)18(21)17(14-7-5-4-6-8-14)23-15-10-9-13(12-19)11-16(15)22-3/h4-11,17H,1-3H3/t17-/m1/s1. The predicted octanol–water partition coefficient (Wildman–Crippen LogP) is 2.78. The fraction of sp³-hybridized carbons (Fsp3) is 0.222. The lowest BCUT2D eigenvalue weighted by Crippen LogP contribution is -2.31. The molecule has 0 heterocycles. The maximum atomic E-state index is 12.5. The molecule has 1 amide bonds. The monoisotopic (exact) mass is 310 g/mol. The number of likely N-dealkylation sites (N-methyl/N-ethyl adjacent to an activating group) is 1. The molecule has 0 saturated heterocycles. The topological polar surface area (TPSA) is 62.6 Å². The van der Waals surface area contributed by atoms with Crippen LogP contribution in [0, 0.1) is 11.3 Å². The summed E-state index contributed by atoms with van der Waals surface area (Å²) in [6.07, 6.45) is -0.784. The summed E-state index contributed by atoms with van der Waals surface area (Å²) in [5.74, 6) is 0.648. The molecule has 0 aromatic heterocycles. The summed E-state index contributed by atoms with van der Waals surface area (Å²) < 4.78 is 11.2. The molecule has 2 rings (SSSR count). The molecule has 0 aliphatic heterocycles. The Morgan fingerprint density at radius 2 is 1.83 bits per heavy atom. The van der Waals surface area contributed by atoms with E-state index in [1.807, 2.05) is 36.4 Å². The number of rotatable bonds is 5. The molecule has 23 heavy (non-hydrogen) atoms. The lowest BCUT2D eigenvalue weighted by Gasteiger charge is -2.23. The zero-order valence-electron chi connectivity index (χ0n) is 13.3. The van der Waals surface area contributed by atoms with E-state index in [1.54, 1.807) is 32.3 Å². The number of methoxy groups -OCH3 is 1. The number of ether oxygens (including phenoxy) is 2. The average Bonchev–Trinajstić information content (AvgIpc) is 2.59. The number of carbonyl (C=O) groups excluding carboxylic acids is 1. The Kier molecular flexibility index (Phi) is 5.21. The molecule has 0 radical (unpaired) electrons. The van der Waals surface area contributed by atoms with E-state index >= 15 is 0 Å². The van der Waals surface area contributed by atoms with Crippen LogP contribution in [-0.4, -0.2) is 32.0 Å². The second-order valence-electron chi connectivity index (χ2n) is 5.12. The number of nitriles is 1. The van der Waals surface area contributed by atoms with Crippen LogP contribution >= 0.6 is 0 Å². The van der Waals surface area contributed by atoms with Gasteiger partial charge in [-0.1, -0.05) is 30.3 Å². The minimum atomic E-state index is -0.784. The molecule has 0 aliphatic rings. The van der Waals surface area contributed by atoms with E-state index in [-0.39, 0.29) is 5.91 Å². The Morgan fingerprint density at radius 3 is 2.39 bits per heavy atom. The maximum Gasteiger partial charge on any atom is 0.267 e. The second kappa shape index (κ2) is 7.32. The first kappa shape index (κ1) is 16.4. The molecule has 5 heteroatoms. The SMILES string of the molecule is COc1cc(C#N)ccc1O[C@@H](C(=O)N(C)C)c1ccccc1. The lowest BCUT2D eigenvalue weighted by molar-refractivity contribution is -0.136. The van der Waals surface area contributed by atoms with Gasteiger partial charge in [-0.3, -0.25) is 4.79 Å². The van der Waals surface area contributed by atoms with Crippen molar-refractivity contribution < 1.29 is 14.3 Å². The maximum absolute atomic E-state index is 12.5. The molecule has 0 aliphatic carbocycles. The first-order valence-electron chi connectivity index (χ1n) is 7.07. The molecular formula is C18H18N2O3. The van der Waals surface area contributed by atoms with Gasteiger partial charge in [-0.25, -0.2) is 0 Å². The number of carbonyl (C=O) groups is 1. The molecule has 0 spiro atoms. The van der Waals surface area contributed by atoms with E-state index in [1.165, 1.54) is 12.0 Å². The Morgan fingerprint density at radius 1 is 1.13 bits per heavy atom. The number of hydrogen-bond acceptors (Lipinski definition) is 4. The average molecular weight is 310 g/mol. The molecule has 2 aromatic rings. The summed E-state index contributed by atoms with van der Waals surface area (Å²) in [7, 11) is 4.85. The van der Waals surface area contributed by atoms with Crippen LogP contribution in [-0.2, 0) is 4.79 Å². The second-order valence-corrected chi connectivity index (χ2v) is 5.12. The first-order chi connectivity index (χ1) is 11.1. The van der Waals surface area contributed by atoms with Gasteiger partial charge in [-0.05, 0) is 12.1 Å². The third kappa shape index (κ3) is 3.80. The molecule has 0 unspecified atom stereocenters. The van der Waals surface area contributed by atoms with Crippen molar-refractivity contribution in [2.24, 2.45) is 0 Å². The first-order valence-corrected chi connectivity index (χ1v) is 7.07. The number of nitrogens with zero attached hydrogens (tertiary/aromatic N) is 2. The molecular weight excluding hydrogens is 292 g/mol. The molecule has 0 fully saturated rings. The highest BCUT2D eigenvalue weighted by molar-refractivity contribution is 5.82. The van der Waals surface area contributed by atoms with Crippen molar-refractivity contribution in [2.75, 3.05) is 21.2 Å². The summed E-state index contributed by atoms with van der Waals surface area (Å²) >= 11 is 0. The zero-order chi connectivity index (χ0) is 16.8. The highest BCUT2D eigenvalue weighted by atomic mass is 16.5. The van der Waals surface area contributed by atoms with Crippen molar-refractivity contribution in [1.82, 2.24) is 4.90 Å². The van der Waals surface area contributed by atoms with Gasteiger partial charge in [0.2, 0.25) is 6.10 Å². The Balaban J connectivity index is 2.39. The van der Waals surface area contributed by atoms with Crippen molar-refractivity contribution in [3.8, 4) is 17.6 Å². The number of amides is 1. The fourth-order valence-corrected chi connectivity index (χ4v) is 2.08. The molecule has 0 saturated carbocycles. The van der Waals surface area contributed by atoms with Crippen LogP contribution in [0.15, 0.2) is 48.5 Å². The number of benzene rings is 2. The number of hydrogen-bond donors (Lipinski definition) is 0. The summed E-state index contributed by atoms with van der Waals surface area (Å²) in [6.45, 7) is 0.